The minimum absolute atomic E-state index is 0.0837. The summed E-state index contributed by atoms with van der Waals surface area (Å²) in [6.45, 7) is 10.0. The van der Waals surface area contributed by atoms with Crippen molar-refractivity contribution in [2.24, 2.45) is 0 Å². The molecule has 0 saturated heterocycles. The standard InChI is InChI=1S/C17H23N3O/c1-6-15-18-16(7-2)20(19-15)13(5)17(21)14-9-8-11(3)12(4)10-14/h8-10,13H,6-7H2,1-5H3. The summed E-state index contributed by atoms with van der Waals surface area (Å²) in [5.41, 5.74) is 3.07. The van der Waals surface area contributed by atoms with Crippen LogP contribution in [0.5, 0.6) is 0 Å². The molecule has 2 aromatic rings. The number of Topliss-reactive ketones (excluding diaryl/α,β-unsaturated/α-hetero) is 1. The average Bonchev–Trinajstić information content (AvgIpc) is 2.92. The number of rotatable bonds is 5. The summed E-state index contributed by atoms with van der Waals surface area (Å²) >= 11 is 0. The second-order valence-corrected chi connectivity index (χ2v) is 5.44. The van der Waals surface area contributed by atoms with Crippen molar-refractivity contribution in [1.29, 1.82) is 0 Å². The fourth-order valence-electron chi connectivity index (χ4n) is 2.35. The van der Waals surface area contributed by atoms with Gasteiger partial charge in [0.1, 0.15) is 11.9 Å². The van der Waals surface area contributed by atoms with E-state index in [2.05, 4.69) is 10.1 Å². The molecule has 0 aliphatic heterocycles. The summed E-state index contributed by atoms with van der Waals surface area (Å²) in [5, 5.41) is 4.47. The molecule has 0 radical (unpaired) electrons. The molecular weight excluding hydrogens is 262 g/mol. The number of nitrogens with zero attached hydrogens (tertiary/aromatic N) is 3. The van der Waals surface area contributed by atoms with Crippen molar-refractivity contribution in [2.75, 3.05) is 0 Å². The van der Waals surface area contributed by atoms with Crippen molar-refractivity contribution < 1.29 is 4.79 Å². The Kier molecular flexibility index (Phi) is 4.56. The zero-order valence-corrected chi connectivity index (χ0v) is 13.5. The maximum Gasteiger partial charge on any atom is 0.187 e. The van der Waals surface area contributed by atoms with Gasteiger partial charge in [-0.2, -0.15) is 5.10 Å². The first-order chi connectivity index (χ1) is 9.97. The van der Waals surface area contributed by atoms with E-state index in [1.54, 1.807) is 4.68 Å². The smallest absolute Gasteiger partial charge is 0.187 e. The predicted octanol–water partition coefficient (Wildman–Crippen LogP) is 3.46. The molecule has 1 atom stereocenters. The highest BCUT2D eigenvalue weighted by atomic mass is 16.1. The molecule has 0 amide bonds. The van der Waals surface area contributed by atoms with Crippen LogP contribution in [0.1, 0.15) is 59.9 Å². The monoisotopic (exact) mass is 285 g/mol. The predicted molar refractivity (Wildman–Crippen MR) is 83.7 cm³/mol. The molecule has 0 aliphatic carbocycles. The summed E-state index contributed by atoms with van der Waals surface area (Å²) in [4.78, 5) is 17.2. The van der Waals surface area contributed by atoms with Crippen LogP contribution < -0.4 is 0 Å². The number of carbonyl (C=O) groups is 1. The van der Waals surface area contributed by atoms with Gasteiger partial charge >= 0.3 is 0 Å². The lowest BCUT2D eigenvalue weighted by atomic mass is 10.0. The number of ketones is 1. The Bertz CT molecular complexity index is 658. The topological polar surface area (TPSA) is 47.8 Å². The first kappa shape index (κ1) is 15.4. The number of aryl methyl sites for hydroxylation is 4. The van der Waals surface area contributed by atoms with Crippen LogP contribution in [0.3, 0.4) is 0 Å². The van der Waals surface area contributed by atoms with Gasteiger partial charge in [0, 0.05) is 18.4 Å². The molecular formula is C17H23N3O. The minimum atomic E-state index is -0.324. The van der Waals surface area contributed by atoms with E-state index in [-0.39, 0.29) is 11.8 Å². The number of aromatic nitrogens is 3. The molecule has 0 saturated carbocycles. The second kappa shape index (κ2) is 6.20. The summed E-state index contributed by atoms with van der Waals surface area (Å²) < 4.78 is 1.77. The van der Waals surface area contributed by atoms with Gasteiger partial charge < -0.3 is 0 Å². The summed E-state index contributed by atoms with van der Waals surface area (Å²) in [7, 11) is 0. The van der Waals surface area contributed by atoms with Crippen LogP contribution in [-0.4, -0.2) is 20.5 Å². The second-order valence-electron chi connectivity index (χ2n) is 5.44. The Labute approximate surface area is 126 Å². The van der Waals surface area contributed by atoms with E-state index < -0.39 is 0 Å². The van der Waals surface area contributed by atoms with Gasteiger partial charge in [0.15, 0.2) is 11.6 Å². The zero-order valence-electron chi connectivity index (χ0n) is 13.5. The fraction of sp³-hybridized carbons (Fsp3) is 0.471. The van der Waals surface area contributed by atoms with Gasteiger partial charge in [0.05, 0.1) is 0 Å². The molecule has 0 bridgehead atoms. The van der Waals surface area contributed by atoms with Crippen molar-refractivity contribution in [2.45, 2.75) is 53.5 Å². The molecule has 0 fully saturated rings. The molecule has 0 aliphatic rings. The zero-order chi connectivity index (χ0) is 15.6. The molecule has 21 heavy (non-hydrogen) atoms. The van der Waals surface area contributed by atoms with Gasteiger partial charge in [0.25, 0.3) is 0 Å². The van der Waals surface area contributed by atoms with Crippen LogP contribution in [0.4, 0.5) is 0 Å². The lowest BCUT2D eigenvalue weighted by Gasteiger charge is -2.14. The lowest BCUT2D eigenvalue weighted by molar-refractivity contribution is 0.0925. The van der Waals surface area contributed by atoms with Crippen LogP contribution in [0.2, 0.25) is 0 Å². The Morgan fingerprint density at radius 1 is 1.19 bits per heavy atom. The van der Waals surface area contributed by atoms with E-state index >= 15 is 0 Å². The maximum atomic E-state index is 12.7. The minimum Gasteiger partial charge on any atom is -0.292 e. The van der Waals surface area contributed by atoms with Crippen LogP contribution in [0.15, 0.2) is 18.2 Å². The molecule has 0 spiro atoms. The third-order valence-corrected chi connectivity index (χ3v) is 3.92. The van der Waals surface area contributed by atoms with E-state index in [0.29, 0.717) is 0 Å². The Hall–Kier alpha value is -1.97. The highest BCUT2D eigenvalue weighted by Crippen LogP contribution is 2.18. The first-order valence-electron chi connectivity index (χ1n) is 7.53. The van der Waals surface area contributed by atoms with Gasteiger partial charge in [-0.05, 0) is 38.0 Å². The molecule has 1 unspecified atom stereocenters. The van der Waals surface area contributed by atoms with E-state index in [1.165, 1.54) is 5.56 Å². The van der Waals surface area contributed by atoms with Crippen LogP contribution in [0.25, 0.3) is 0 Å². The van der Waals surface area contributed by atoms with Gasteiger partial charge in [-0.1, -0.05) is 26.0 Å². The molecule has 1 aromatic heterocycles. The van der Waals surface area contributed by atoms with Crippen LogP contribution in [0, 0.1) is 13.8 Å². The average molecular weight is 285 g/mol. The molecule has 112 valence electrons. The molecule has 1 heterocycles. The van der Waals surface area contributed by atoms with E-state index in [4.69, 9.17) is 0 Å². The van der Waals surface area contributed by atoms with Crippen molar-refractivity contribution >= 4 is 5.78 Å². The highest BCUT2D eigenvalue weighted by Gasteiger charge is 2.21. The first-order valence-corrected chi connectivity index (χ1v) is 7.53. The van der Waals surface area contributed by atoms with Crippen molar-refractivity contribution in [3.05, 3.63) is 46.5 Å². The maximum absolute atomic E-state index is 12.7. The molecule has 2 rings (SSSR count). The van der Waals surface area contributed by atoms with Crippen molar-refractivity contribution in [3.8, 4) is 0 Å². The SMILES string of the molecule is CCc1nc(CC)n(C(C)C(=O)c2ccc(C)c(C)c2)n1. The fourth-order valence-corrected chi connectivity index (χ4v) is 2.35. The summed E-state index contributed by atoms with van der Waals surface area (Å²) in [6, 6.07) is 5.52. The Morgan fingerprint density at radius 2 is 1.90 bits per heavy atom. The van der Waals surface area contributed by atoms with Crippen LogP contribution >= 0.6 is 0 Å². The normalized spacial score (nSPS) is 12.4. The molecule has 0 N–H and O–H groups in total. The van der Waals surface area contributed by atoms with Gasteiger partial charge in [-0.3, -0.25) is 4.79 Å². The number of benzene rings is 1. The lowest BCUT2D eigenvalue weighted by Crippen LogP contribution is -2.20. The quantitative estimate of drug-likeness (QED) is 0.790. The molecule has 4 heteroatoms. The van der Waals surface area contributed by atoms with Crippen molar-refractivity contribution in [3.63, 3.8) is 0 Å². The van der Waals surface area contributed by atoms with Crippen LogP contribution in [-0.2, 0) is 12.8 Å². The largest absolute Gasteiger partial charge is 0.292 e. The van der Waals surface area contributed by atoms with E-state index in [1.807, 2.05) is 52.8 Å². The van der Waals surface area contributed by atoms with Crippen molar-refractivity contribution in [1.82, 2.24) is 14.8 Å². The van der Waals surface area contributed by atoms with Gasteiger partial charge in [-0.15, -0.1) is 0 Å². The third kappa shape index (κ3) is 3.04. The molecule has 1 aromatic carbocycles. The number of carbonyl (C=O) groups excluding carboxylic acids is 1. The van der Waals surface area contributed by atoms with Gasteiger partial charge in [-0.25, -0.2) is 9.67 Å². The summed E-state index contributed by atoms with van der Waals surface area (Å²) in [5.74, 6) is 1.75. The van der Waals surface area contributed by atoms with Gasteiger partial charge in [0.2, 0.25) is 0 Å². The Morgan fingerprint density at radius 3 is 2.48 bits per heavy atom. The third-order valence-electron chi connectivity index (χ3n) is 3.92. The number of hydrogen-bond donors (Lipinski definition) is 0. The highest BCUT2D eigenvalue weighted by molar-refractivity contribution is 5.99. The number of hydrogen-bond acceptors (Lipinski definition) is 3. The van der Waals surface area contributed by atoms with E-state index in [9.17, 15) is 4.79 Å². The Balaban J connectivity index is 2.34. The summed E-state index contributed by atoms with van der Waals surface area (Å²) in [6.07, 6.45) is 1.56. The molecule has 4 nitrogen and oxygen atoms in total. The van der Waals surface area contributed by atoms with E-state index in [0.717, 1.165) is 35.6 Å².